The molecule has 1 aromatic carbocycles. The van der Waals surface area contributed by atoms with Gasteiger partial charge in [-0.3, -0.25) is 4.79 Å². The first-order valence-electron chi connectivity index (χ1n) is 3.90. The van der Waals surface area contributed by atoms with Crippen molar-refractivity contribution in [1.82, 2.24) is 0 Å². The highest BCUT2D eigenvalue weighted by molar-refractivity contribution is 14.1. The van der Waals surface area contributed by atoms with Crippen molar-refractivity contribution in [3.8, 4) is 0 Å². The summed E-state index contributed by atoms with van der Waals surface area (Å²) in [5.74, 6) is -2.08. The highest BCUT2D eigenvalue weighted by Gasteiger charge is 2.18. The fourth-order valence-corrected chi connectivity index (χ4v) is 1.83. The average Bonchev–Trinajstić information content (AvgIpc) is 2.12. The molecule has 0 aliphatic heterocycles. The Morgan fingerprint density at radius 2 is 2.07 bits per heavy atom. The van der Waals surface area contributed by atoms with Crippen LogP contribution in [0.4, 0.5) is 13.2 Å². The van der Waals surface area contributed by atoms with Gasteiger partial charge in [-0.2, -0.15) is 0 Å². The summed E-state index contributed by atoms with van der Waals surface area (Å²) in [6.07, 6.45) is -3.27. The maximum atomic E-state index is 13.4. The van der Waals surface area contributed by atoms with Gasteiger partial charge in [-0.15, -0.1) is 0 Å². The largest absolute Gasteiger partial charge is 0.481 e. The van der Waals surface area contributed by atoms with Crippen molar-refractivity contribution in [2.45, 2.75) is 12.8 Å². The molecule has 0 amide bonds. The Labute approximate surface area is 97.2 Å². The van der Waals surface area contributed by atoms with Crippen molar-refractivity contribution in [3.05, 3.63) is 32.6 Å². The second-order valence-corrected chi connectivity index (χ2v) is 3.89. The van der Waals surface area contributed by atoms with Gasteiger partial charge in [0, 0.05) is 11.1 Å². The van der Waals surface area contributed by atoms with Gasteiger partial charge in [0.15, 0.2) is 0 Å². The summed E-state index contributed by atoms with van der Waals surface area (Å²) in [4.78, 5) is 10.3. The molecule has 1 rings (SSSR count). The third-order valence-corrected chi connectivity index (χ3v) is 2.87. The van der Waals surface area contributed by atoms with E-state index in [1.54, 1.807) is 0 Å². The van der Waals surface area contributed by atoms with E-state index < -0.39 is 30.2 Å². The summed E-state index contributed by atoms with van der Waals surface area (Å²) in [5.41, 5.74) is -0.501. The molecule has 15 heavy (non-hydrogen) atoms. The molecule has 0 aliphatic carbocycles. The molecule has 0 unspecified atom stereocenters. The third kappa shape index (κ3) is 2.83. The Hall–Kier alpha value is -0.790. The molecular weight excluding hydrogens is 324 g/mol. The van der Waals surface area contributed by atoms with Crippen LogP contribution in [0, 0.1) is 9.39 Å². The Balaban J connectivity index is 3.15. The summed E-state index contributed by atoms with van der Waals surface area (Å²) >= 11 is 1.44. The van der Waals surface area contributed by atoms with Gasteiger partial charge >= 0.3 is 5.97 Å². The lowest BCUT2D eigenvalue weighted by atomic mass is 10.1. The summed E-state index contributed by atoms with van der Waals surface area (Å²) < 4.78 is 37.8. The lowest BCUT2D eigenvalue weighted by molar-refractivity contribution is -0.136. The Bertz CT molecular complexity index is 393. The predicted octanol–water partition coefficient (Wildman–Crippen LogP) is 3.00. The van der Waals surface area contributed by atoms with E-state index in [2.05, 4.69) is 0 Å². The molecule has 0 aromatic heterocycles. The molecular formula is C9H6F3IO2. The molecule has 0 saturated carbocycles. The van der Waals surface area contributed by atoms with E-state index in [0.29, 0.717) is 0 Å². The number of carboxylic acid groups (broad SMARTS) is 1. The van der Waals surface area contributed by atoms with Crippen molar-refractivity contribution in [2.75, 3.05) is 0 Å². The quantitative estimate of drug-likeness (QED) is 0.865. The van der Waals surface area contributed by atoms with Crippen molar-refractivity contribution in [1.29, 1.82) is 0 Å². The number of alkyl halides is 2. The first-order chi connectivity index (χ1) is 6.93. The molecule has 6 heteroatoms. The van der Waals surface area contributed by atoms with Crippen LogP contribution in [-0.4, -0.2) is 11.1 Å². The molecule has 1 N–H and O–H groups in total. The molecule has 2 nitrogen and oxygen atoms in total. The van der Waals surface area contributed by atoms with Crippen LogP contribution in [0.3, 0.4) is 0 Å². The molecule has 82 valence electrons. The molecule has 0 radical (unpaired) electrons. The van der Waals surface area contributed by atoms with Gasteiger partial charge in [-0.05, 0) is 22.6 Å². The molecule has 0 spiro atoms. The Morgan fingerprint density at radius 1 is 1.47 bits per heavy atom. The van der Waals surface area contributed by atoms with Crippen LogP contribution in [0.2, 0.25) is 0 Å². The molecule has 0 fully saturated rings. The first-order valence-corrected chi connectivity index (χ1v) is 4.98. The van der Waals surface area contributed by atoms with Crippen LogP contribution in [0.25, 0.3) is 0 Å². The minimum absolute atomic E-state index is 0.0868. The average molecular weight is 330 g/mol. The summed E-state index contributed by atoms with van der Waals surface area (Å²) in [7, 11) is 0. The molecule has 0 aliphatic rings. The van der Waals surface area contributed by atoms with Crippen molar-refractivity contribution >= 4 is 28.6 Å². The minimum atomic E-state index is -2.76. The van der Waals surface area contributed by atoms with Crippen LogP contribution in [0.5, 0.6) is 0 Å². The zero-order valence-electron chi connectivity index (χ0n) is 7.31. The third-order valence-electron chi connectivity index (χ3n) is 1.77. The van der Waals surface area contributed by atoms with Gasteiger partial charge < -0.3 is 5.11 Å². The monoisotopic (exact) mass is 330 g/mol. The number of aliphatic carboxylic acids is 1. The minimum Gasteiger partial charge on any atom is -0.481 e. The van der Waals surface area contributed by atoms with Crippen molar-refractivity contribution < 1.29 is 23.1 Å². The fraction of sp³-hybridized carbons (Fsp3) is 0.222. The van der Waals surface area contributed by atoms with Crippen LogP contribution in [0.15, 0.2) is 12.1 Å². The maximum Gasteiger partial charge on any atom is 0.307 e. The van der Waals surface area contributed by atoms with E-state index in [-0.39, 0.29) is 9.13 Å². The Morgan fingerprint density at radius 3 is 2.53 bits per heavy atom. The lowest BCUT2D eigenvalue weighted by Crippen LogP contribution is -2.05. The highest BCUT2D eigenvalue weighted by Crippen LogP contribution is 2.28. The van der Waals surface area contributed by atoms with Gasteiger partial charge in [-0.1, -0.05) is 12.1 Å². The fourth-order valence-electron chi connectivity index (χ4n) is 1.07. The molecule has 0 bridgehead atoms. The zero-order valence-corrected chi connectivity index (χ0v) is 9.46. The summed E-state index contributed by atoms with van der Waals surface area (Å²) in [6.45, 7) is 0. The normalized spacial score (nSPS) is 10.7. The summed E-state index contributed by atoms with van der Waals surface area (Å²) in [5, 5.41) is 8.44. The van der Waals surface area contributed by atoms with Crippen LogP contribution in [-0.2, 0) is 11.2 Å². The van der Waals surface area contributed by atoms with Gasteiger partial charge in [0.2, 0.25) is 0 Å². The predicted molar refractivity (Wildman–Crippen MR) is 55.4 cm³/mol. The lowest BCUT2D eigenvalue weighted by Gasteiger charge is -2.07. The van der Waals surface area contributed by atoms with E-state index in [9.17, 15) is 18.0 Å². The number of carboxylic acids is 1. The van der Waals surface area contributed by atoms with Crippen LogP contribution >= 0.6 is 22.6 Å². The topological polar surface area (TPSA) is 37.3 Å². The number of hydrogen-bond acceptors (Lipinski definition) is 1. The number of hydrogen-bond donors (Lipinski definition) is 1. The molecule has 0 atom stereocenters. The Kier molecular flexibility index (Phi) is 3.95. The number of carbonyl (C=O) groups is 1. The van der Waals surface area contributed by atoms with Gasteiger partial charge in [0.05, 0.1) is 9.99 Å². The SMILES string of the molecule is O=C(O)Cc1ccc(C(F)F)c(I)c1F. The van der Waals surface area contributed by atoms with Gasteiger partial charge in [-0.25, -0.2) is 13.2 Å². The standard InChI is InChI=1S/C9H6F3IO2/c10-7-4(3-6(14)15)1-2-5(8(7)13)9(11)12/h1-2,9H,3H2,(H,14,15). The molecule has 0 saturated heterocycles. The second kappa shape index (κ2) is 4.82. The van der Waals surface area contributed by atoms with Crippen LogP contribution < -0.4 is 0 Å². The van der Waals surface area contributed by atoms with Crippen LogP contribution in [0.1, 0.15) is 17.6 Å². The van der Waals surface area contributed by atoms with E-state index in [4.69, 9.17) is 5.11 Å². The number of benzene rings is 1. The molecule has 1 aromatic rings. The maximum absolute atomic E-state index is 13.4. The van der Waals surface area contributed by atoms with E-state index in [1.165, 1.54) is 22.6 Å². The highest BCUT2D eigenvalue weighted by atomic mass is 127. The van der Waals surface area contributed by atoms with Gasteiger partial charge in [0.1, 0.15) is 5.82 Å². The second-order valence-electron chi connectivity index (χ2n) is 2.81. The van der Waals surface area contributed by atoms with Gasteiger partial charge in [0.25, 0.3) is 6.43 Å². The number of rotatable bonds is 3. The van der Waals surface area contributed by atoms with Crippen molar-refractivity contribution in [3.63, 3.8) is 0 Å². The number of halogens is 4. The molecule has 0 heterocycles. The van der Waals surface area contributed by atoms with Crippen molar-refractivity contribution in [2.24, 2.45) is 0 Å². The first kappa shape index (κ1) is 12.3. The zero-order chi connectivity index (χ0) is 11.6. The van der Waals surface area contributed by atoms with E-state index >= 15 is 0 Å². The summed E-state index contributed by atoms with van der Waals surface area (Å²) in [6, 6.07) is 2.13. The smallest absolute Gasteiger partial charge is 0.307 e. The van der Waals surface area contributed by atoms with E-state index in [0.717, 1.165) is 12.1 Å². The van der Waals surface area contributed by atoms with E-state index in [1.807, 2.05) is 0 Å².